The van der Waals surface area contributed by atoms with E-state index >= 15 is 0 Å². The van der Waals surface area contributed by atoms with Crippen LogP contribution in [0.15, 0.2) is 39.6 Å². The summed E-state index contributed by atoms with van der Waals surface area (Å²) in [5.74, 6) is -0.315. The maximum Gasteiger partial charge on any atom is 0.263 e. The largest absolute Gasteiger partial charge is 0.496 e. The Labute approximate surface area is 195 Å². The Bertz CT molecular complexity index is 1230. The third-order valence-corrected chi connectivity index (χ3v) is 7.18. The average Bonchev–Trinajstić information content (AvgIpc) is 3.47. The van der Waals surface area contributed by atoms with Gasteiger partial charge in [0.15, 0.2) is 4.34 Å². The second kappa shape index (κ2) is 9.98. The number of alkyl halides is 2. The molecule has 12 heteroatoms. The van der Waals surface area contributed by atoms with Gasteiger partial charge in [0.05, 0.1) is 19.3 Å². The maximum atomic E-state index is 13.3. The number of nitrogens with one attached hydrogen (secondary N) is 1. The molecule has 4 rings (SSSR count). The molecule has 1 atom stereocenters. The summed E-state index contributed by atoms with van der Waals surface area (Å²) in [6.07, 6.45) is -0.365. The number of halogens is 2. The molecule has 3 heterocycles. The van der Waals surface area contributed by atoms with E-state index in [1.807, 2.05) is 0 Å². The summed E-state index contributed by atoms with van der Waals surface area (Å²) in [7, 11) is 2.91. The number of anilines is 1. The van der Waals surface area contributed by atoms with Gasteiger partial charge in [0.25, 0.3) is 17.9 Å². The van der Waals surface area contributed by atoms with Crippen molar-refractivity contribution >= 4 is 34.1 Å². The van der Waals surface area contributed by atoms with Gasteiger partial charge in [-0.2, -0.15) is 0 Å². The minimum absolute atomic E-state index is 0.0106. The minimum atomic E-state index is -2.71. The molecule has 1 fully saturated rings. The van der Waals surface area contributed by atoms with Crippen LogP contribution < -0.4 is 15.6 Å². The highest BCUT2D eigenvalue weighted by molar-refractivity contribution is 8.01. The van der Waals surface area contributed by atoms with Gasteiger partial charge in [-0.25, -0.2) is 8.78 Å². The van der Waals surface area contributed by atoms with Crippen molar-refractivity contribution in [2.24, 2.45) is 7.05 Å². The molecule has 1 aliphatic heterocycles. The number of aromatic nitrogens is 3. The lowest BCUT2D eigenvalue weighted by Crippen LogP contribution is -2.21. The molecule has 0 bridgehead atoms. The zero-order valence-electron chi connectivity index (χ0n) is 17.7. The normalized spacial score (nSPS) is 15.7. The number of rotatable bonds is 7. The second-order valence-electron chi connectivity index (χ2n) is 7.24. The first-order valence-electron chi connectivity index (χ1n) is 9.92. The Hall–Kier alpha value is -2.83. The van der Waals surface area contributed by atoms with Gasteiger partial charge in [0, 0.05) is 47.9 Å². The van der Waals surface area contributed by atoms with Crippen LogP contribution in [0.25, 0.3) is 11.1 Å². The maximum absolute atomic E-state index is 13.3. The summed E-state index contributed by atoms with van der Waals surface area (Å²) < 4.78 is 39.3. The third kappa shape index (κ3) is 5.23. The van der Waals surface area contributed by atoms with Crippen LogP contribution in [0, 0.1) is 0 Å². The van der Waals surface area contributed by atoms with Crippen LogP contribution in [0.3, 0.4) is 0 Å². The number of ether oxygens (including phenoxy) is 2. The van der Waals surface area contributed by atoms with Crippen LogP contribution >= 0.6 is 23.1 Å². The van der Waals surface area contributed by atoms with Gasteiger partial charge in [0.1, 0.15) is 5.75 Å². The number of hydrogen-bond donors (Lipinski definition) is 1. The standard InChI is InChI=1S/C21H20F2N4O4S2/c1-27-9-15(13-7-11(18(22)23)3-4-16(13)30-2)14(8-17(27)28)19(29)24-20-25-26-21(33-20)32-12-5-6-31-10-12/h3-4,7-9,12,18H,5-6,10H2,1-2H3,(H,24,25,29). The Balaban J connectivity index is 1.67. The lowest BCUT2D eigenvalue weighted by atomic mass is 9.98. The van der Waals surface area contributed by atoms with E-state index in [-0.39, 0.29) is 27.4 Å². The van der Waals surface area contributed by atoms with Gasteiger partial charge in [0.2, 0.25) is 5.13 Å². The summed E-state index contributed by atoms with van der Waals surface area (Å²) in [6.45, 7) is 1.35. The number of hydrogen-bond acceptors (Lipinski definition) is 8. The van der Waals surface area contributed by atoms with Gasteiger partial charge in [-0.15, -0.1) is 10.2 Å². The zero-order chi connectivity index (χ0) is 23.5. The third-order valence-electron chi connectivity index (χ3n) is 5.02. The summed E-state index contributed by atoms with van der Waals surface area (Å²) in [5, 5.41) is 11.3. The average molecular weight is 495 g/mol. The monoisotopic (exact) mass is 494 g/mol. The molecule has 1 amide bonds. The lowest BCUT2D eigenvalue weighted by Gasteiger charge is -2.15. The first-order chi connectivity index (χ1) is 15.9. The first-order valence-corrected chi connectivity index (χ1v) is 11.6. The van der Waals surface area contributed by atoms with Gasteiger partial charge in [-0.05, 0) is 24.6 Å². The Morgan fingerprint density at radius 1 is 1.33 bits per heavy atom. The Kier molecular flexibility index (Phi) is 7.05. The van der Waals surface area contributed by atoms with Crippen molar-refractivity contribution in [3.8, 4) is 16.9 Å². The molecule has 2 aromatic heterocycles. The molecular formula is C21H20F2N4O4S2. The molecule has 0 aliphatic carbocycles. The van der Waals surface area contributed by atoms with Crippen LogP contribution in [-0.2, 0) is 11.8 Å². The summed E-state index contributed by atoms with van der Waals surface area (Å²) >= 11 is 2.75. The summed E-state index contributed by atoms with van der Waals surface area (Å²) in [5.41, 5.74) is -0.103. The fourth-order valence-electron chi connectivity index (χ4n) is 3.32. The topological polar surface area (TPSA) is 95.3 Å². The molecule has 1 aromatic carbocycles. The number of methoxy groups -OCH3 is 1. The van der Waals surface area contributed by atoms with E-state index in [1.165, 1.54) is 66.2 Å². The highest BCUT2D eigenvalue weighted by Crippen LogP contribution is 2.36. The van der Waals surface area contributed by atoms with E-state index in [2.05, 4.69) is 15.5 Å². The molecule has 0 radical (unpaired) electrons. The Morgan fingerprint density at radius 3 is 2.85 bits per heavy atom. The highest BCUT2D eigenvalue weighted by Gasteiger charge is 2.22. The molecule has 1 saturated heterocycles. The van der Waals surface area contributed by atoms with Crippen molar-refractivity contribution in [2.45, 2.75) is 22.4 Å². The fourth-order valence-corrected chi connectivity index (χ4v) is 5.39. The number of amides is 1. The number of thioether (sulfide) groups is 1. The van der Waals surface area contributed by atoms with Crippen LogP contribution in [0.5, 0.6) is 5.75 Å². The van der Waals surface area contributed by atoms with Gasteiger partial charge >= 0.3 is 0 Å². The minimum Gasteiger partial charge on any atom is -0.496 e. The van der Waals surface area contributed by atoms with Crippen molar-refractivity contribution in [2.75, 3.05) is 25.6 Å². The van der Waals surface area contributed by atoms with E-state index in [9.17, 15) is 18.4 Å². The molecule has 0 spiro atoms. The molecular weight excluding hydrogens is 474 g/mol. The molecule has 0 saturated carbocycles. The SMILES string of the molecule is COc1ccc(C(F)F)cc1-c1cn(C)c(=O)cc1C(=O)Nc1nnc(SC2CCOC2)s1. The van der Waals surface area contributed by atoms with Crippen LogP contribution in [0.2, 0.25) is 0 Å². The number of nitrogens with zero attached hydrogens (tertiary/aromatic N) is 3. The quantitative estimate of drug-likeness (QED) is 0.497. The number of aryl methyl sites for hydroxylation is 1. The molecule has 1 unspecified atom stereocenters. The summed E-state index contributed by atoms with van der Waals surface area (Å²) in [4.78, 5) is 25.4. The Morgan fingerprint density at radius 2 is 2.15 bits per heavy atom. The van der Waals surface area contributed by atoms with Gasteiger partial charge < -0.3 is 14.0 Å². The van der Waals surface area contributed by atoms with E-state index in [0.29, 0.717) is 28.6 Å². The van der Waals surface area contributed by atoms with Crippen molar-refractivity contribution in [1.82, 2.24) is 14.8 Å². The lowest BCUT2D eigenvalue weighted by molar-refractivity contribution is 0.102. The number of carbonyl (C=O) groups excluding carboxylic acids is 1. The smallest absolute Gasteiger partial charge is 0.263 e. The number of benzene rings is 1. The van der Waals surface area contributed by atoms with Crippen molar-refractivity contribution in [1.29, 1.82) is 0 Å². The number of carbonyl (C=O) groups is 1. The van der Waals surface area contributed by atoms with Crippen molar-refractivity contribution < 1.29 is 23.0 Å². The molecule has 33 heavy (non-hydrogen) atoms. The highest BCUT2D eigenvalue weighted by atomic mass is 32.2. The van der Waals surface area contributed by atoms with Crippen LogP contribution in [-0.4, -0.2) is 46.2 Å². The number of pyridine rings is 1. The molecule has 174 valence electrons. The van der Waals surface area contributed by atoms with E-state index < -0.39 is 17.9 Å². The van der Waals surface area contributed by atoms with Crippen molar-refractivity contribution in [3.05, 3.63) is 51.9 Å². The van der Waals surface area contributed by atoms with Crippen molar-refractivity contribution in [3.63, 3.8) is 0 Å². The van der Waals surface area contributed by atoms with Crippen LogP contribution in [0.4, 0.5) is 13.9 Å². The molecule has 1 N–H and O–H groups in total. The molecule has 8 nitrogen and oxygen atoms in total. The predicted octanol–water partition coefficient (Wildman–Crippen LogP) is 3.98. The zero-order valence-corrected chi connectivity index (χ0v) is 19.3. The molecule has 1 aliphatic rings. The second-order valence-corrected chi connectivity index (χ2v) is 9.77. The summed E-state index contributed by atoms with van der Waals surface area (Å²) in [6, 6.07) is 5.07. The van der Waals surface area contributed by atoms with E-state index in [0.717, 1.165) is 12.5 Å². The van der Waals surface area contributed by atoms with E-state index in [1.54, 1.807) is 0 Å². The first kappa shape index (κ1) is 23.3. The van der Waals surface area contributed by atoms with Gasteiger partial charge in [-0.3, -0.25) is 14.9 Å². The fraction of sp³-hybridized carbons (Fsp3) is 0.333. The van der Waals surface area contributed by atoms with Crippen LogP contribution in [0.1, 0.15) is 28.8 Å². The predicted molar refractivity (Wildman–Crippen MR) is 122 cm³/mol. The van der Waals surface area contributed by atoms with E-state index in [4.69, 9.17) is 9.47 Å². The molecule has 3 aromatic rings. The van der Waals surface area contributed by atoms with Gasteiger partial charge in [-0.1, -0.05) is 23.1 Å².